The lowest BCUT2D eigenvalue weighted by Gasteiger charge is -2.28. The first-order valence-electron chi connectivity index (χ1n) is 10.2. The fourth-order valence-electron chi connectivity index (χ4n) is 2.82. The number of ether oxygens (including phenoxy) is 5. The summed E-state index contributed by atoms with van der Waals surface area (Å²) in [5.41, 5.74) is -6.01. The molecule has 0 aromatic rings. The van der Waals surface area contributed by atoms with Gasteiger partial charge in [-0.2, -0.15) is 0 Å². The Balaban J connectivity index is 6.07. The highest BCUT2D eigenvalue weighted by Gasteiger charge is 2.49. The molecule has 0 saturated heterocycles. The molecule has 0 fully saturated rings. The molecule has 212 valence electrons. The summed E-state index contributed by atoms with van der Waals surface area (Å²) in [5.74, 6) is -15.5. The Labute approximate surface area is 212 Å². The summed E-state index contributed by atoms with van der Waals surface area (Å²) in [6.45, 7) is 2.30. The van der Waals surface area contributed by atoms with Crippen LogP contribution in [0.4, 0.5) is 0 Å². The van der Waals surface area contributed by atoms with Crippen molar-refractivity contribution in [3.63, 3.8) is 0 Å². The molecule has 38 heavy (non-hydrogen) atoms. The molecule has 0 aliphatic heterocycles. The third-order valence-electron chi connectivity index (χ3n) is 4.15. The summed E-state index contributed by atoms with van der Waals surface area (Å²) in [7, 11) is 0. The first-order chi connectivity index (χ1) is 17.4. The van der Waals surface area contributed by atoms with E-state index in [1.807, 2.05) is 0 Å². The van der Waals surface area contributed by atoms with Gasteiger partial charge in [0.05, 0.1) is 32.3 Å². The molecule has 0 aromatic carbocycles. The van der Waals surface area contributed by atoms with Gasteiger partial charge in [-0.25, -0.2) is 14.4 Å². The molecule has 4 N–H and O–H groups in total. The fourth-order valence-corrected chi connectivity index (χ4v) is 2.82. The van der Waals surface area contributed by atoms with Crippen LogP contribution in [0.1, 0.15) is 46.5 Å². The second kappa shape index (κ2) is 14.1. The Hall–Kier alpha value is -4.77. The van der Waals surface area contributed by atoms with Gasteiger partial charge in [-0.3, -0.25) is 28.8 Å². The summed E-state index contributed by atoms with van der Waals surface area (Å²) < 4.78 is 22.7. The lowest BCUT2D eigenvalue weighted by Crippen LogP contribution is -2.49. The third kappa shape index (κ3) is 10.5. The molecule has 0 heterocycles. The first-order valence-corrected chi connectivity index (χ1v) is 10.2. The predicted molar refractivity (Wildman–Crippen MR) is 111 cm³/mol. The van der Waals surface area contributed by atoms with Crippen molar-refractivity contribution in [2.75, 3.05) is 6.61 Å². The Morgan fingerprint density at radius 3 is 1.21 bits per heavy atom. The summed E-state index contributed by atoms with van der Waals surface area (Å²) in [4.78, 5) is 105. The van der Waals surface area contributed by atoms with Crippen molar-refractivity contribution in [3.05, 3.63) is 0 Å². The molecule has 0 bridgehead atoms. The lowest BCUT2D eigenvalue weighted by molar-refractivity contribution is -0.211. The minimum absolute atomic E-state index is 0.387. The number of rotatable bonds is 16. The van der Waals surface area contributed by atoms with E-state index in [-0.39, 0.29) is 6.61 Å². The van der Waals surface area contributed by atoms with Crippen LogP contribution in [0.3, 0.4) is 0 Å². The second-order valence-corrected chi connectivity index (χ2v) is 7.34. The van der Waals surface area contributed by atoms with E-state index in [9.17, 15) is 53.4 Å². The Morgan fingerprint density at radius 2 is 0.974 bits per heavy atom. The van der Waals surface area contributed by atoms with E-state index in [0.717, 1.165) is 0 Å². The van der Waals surface area contributed by atoms with Crippen molar-refractivity contribution in [2.24, 2.45) is 0 Å². The largest absolute Gasteiger partial charge is 0.481 e. The molecule has 0 aliphatic rings. The van der Waals surface area contributed by atoms with Gasteiger partial charge in [0.15, 0.2) is 0 Å². The van der Waals surface area contributed by atoms with Crippen LogP contribution < -0.4 is 0 Å². The Morgan fingerprint density at radius 1 is 0.632 bits per heavy atom. The van der Waals surface area contributed by atoms with Crippen molar-refractivity contribution < 1.29 is 87.3 Å². The Bertz CT molecular complexity index is 892. The summed E-state index contributed by atoms with van der Waals surface area (Å²) in [5, 5.41) is 36.8. The molecule has 0 aliphatic carbocycles. The van der Waals surface area contributed by atoms with Crippen molar-refractivity contribution in [3.8, 4) is 0 Å². The van der Waals surface area contributed by atoms with Crippen LogP contribution in [0.2, 0.25) is 0 Å². The van der Waals surface area contributed by atoms with Gasteiger partial charge in [0, 0.05) is 13.8 Å². The zero-order chi connectivity index (χ0) is 29.8. The van der Waals surface area contributed by atoms with Gasteiger partial charge in [-0.15, -0.1) is 0 Å². The highest BCUT2D eigenvalue weighted by atomic mass is 16.7. The molecular weight excluding hydrogens is 528 g/mol. The number of carboxylic acids is 4. The van der Waals surface area contributed by atoms with Crippen LogP contribution >= 0.6 is 0 Å². The number of carbonyl (C=O) groups excluding carboxylic acids is 5. The van der Waals surface area contributed by atoms with E-state index in [0.29, 0.717) is 13.8 Å². The zero-order valence-corrected chi connectivity index (χ0v) is 20.1. The molecule has 0 spiro atoms. The van der Waals surface area contributed by atoms with E-state index in [4.69, 9.17) is 10.2 Å². The molecule has 0 radical (unpaired) electrons. The number of carbonyl (C=O) groups is 9. The van der Waals surface area contributed by atoms with Crippen molar-refractivity contribution >= 4 is 53.7 Å². The molecule has 0 amide bonds. The van der Waals surface area contributed by atoms with E-state index in [1.54, 1.807) is 0 Å². The molecule has 2 unspecified atom stereocenters. The normalized spacial score (nSPS) is 14.3. The highest BCUT2D eigenvalue weighted by molar-refractivity contribution is 5.93. The number of hydrogen-bond acceptors (Lipinski definition) is 14. The molecule has 18 heteroatoms. The van der Waals surface area contributed by atoms with Crippen LogP contribution in [-0.2, 0) is 66.8 Å². The van der Waals surface area contributed by atoms with Crippen molar-refractivity contribution in [1.29, 1.82) is 0 Å². The van der Waals surface area contributed by atoms with E-state index in [1.165, 1.54) is 6.92 Å². The first kappa shape index (κ1) is 33.2. The number of hydrogen-bond donors (Lipinski definition) is 4. The van der Waals surface area contributed by atoms with Gasteiger partial charge >= 0.3 is 60.0 Å². The smallest absolute Gasteiger partial charge is 0.389 e. The van der Waals surface area contributed by atoms with E-state index < -0.39 is 96.9 Å². The van der Waals surface area contributed by atoms with Crippen molar-refractivity contribution in [2.45, 2.75) is 63.9 Å². The minimum Gasteiger partial charge on any atom is -0.481 e. The van der Waals surface area contributed by atoms with Gasteiger partial charge in [-0.05, 0) is 6.92 Å². The highest BCUT2D eigenvalue weighted by Crippen LogP contribution is 2.26. The SMILES string of the molecule is CCOC(=O)C(OC(=O)CC(CC(=O)O)(OC(C)=O)C(=O)O)OC(=O)CC(CC(=O)O)(OC(C)=O)C(=O)O. The molecule has 0 rings (SSSR count). The topological polar surface area (TPSA) is 281 Å². The second-order valence-electron chi connectivity index (χ2n) is 7.34. The standard InChI is InChI=1S/C20H24O18/c1-4-34-15(29)16(35-13(27)7-19(17(30)31,5-11(23)24)37-9(2)21)36-14(28)8-20(18(32)33,6-12(25)26)38-10(3)22/h16H,4-8H2,1-3H3,(H,23,24)(H,25,26)(H,30,31)(H,32,33). The van der Waals surface area contributed by atoms with Gasteiger partial charge in [0.1, 0.15) is 0 Å². The molecule has 2 atom stereocenters. The summed E-state index contributed by atoms with van der Waals surface area (Å²) in [6.07, 6.45) is -8.53. The Kier molecular flexibility index (Phi) is 12.3. The van der Waals surface area contributed by atoms with Crippen LogP contribution in [0.15, 0.2) is 0 Å². The quantitative estimate of drug-likeness (QED) is 0.0958. The maximum Gasteiger partial charge on any atom is 0.389 e. The van der Waals surface area contributed by atoms with Gasteiger partial charge in [0.2, 0.25) is 11.2 Å². The van der Waals surface area contributed by atoms with Crippen LogP contribution in [-0.4, -0.2) is 98.2 Å². The van der Waals surface area contributed by atoms with Crippen LogP contribution in [0, 0.1) is 0 Å². The number of esters is 5. The monoisotopic (exact) mass is 552 g/mol. The van der Waals surface area contributed by atoms with Gasteiger partial charge in [0.25, 0.3) is 0 Å². The van der Waals surface area contributed by atoms with Crippen LogP contribution in [0.5, 0.6) is 0 Å². The summed E-state index contributed by atoms with van der Waals surface area (Å²) >= 11 is 0. The number of aliphatic carboxylic acids is 4. The van der Waals surface area contributed by atoms with E-state index >= 15 is 0 Å². The van der Waals surface area contributed by atoms with Gasteiger partial charge in [-0.1, -0.05) is 0 Å². The van der Waals surface area contributed by atoms with Crippen molar-refractivity contribution in [1.82, 2.24) is 0 Å². The van der Waals surface area contributed by atoms with Gasteiger partial charge < -0.3 is 44.1 Å². The molecular formula is C20H24O18. The fraction of sp³-hybridized carbons (Fsp3) is 0.550. The predicted octanol–water partition coefficient (Wildman–Crippen LogP) is -1.54. The lowest BCUT2D eigenvalue weighted by atomic mass is 9.95. The number of carboxylic acid groups (broad SMARTS) is 4. The maximum atomic E-state index is 12.4. The van der Waals surface area contributed by atoms with Crippen LogP contribution in [0.25, 0.3) is 0 Å². The molecule has 0 aromatic heterocycles. The van der Waals surface area contributed by atoms with E-state index in [2.05, 4.69) is 23.7 Å². The zero-order valence-electron chi connectivity index (χ0n) is 20.1. The average Bonchev–Trinajstić information content (AvgIpc) is 2.70. The third-order valence-corrected chi connectivity index (χ3v) is 4.15. The molecule has 18 nitrogen and oxygen atoms in total. The minimum atomic E-state index is -3.01. The maximum absolute atomic E-state index is 12.4. The molecule has 0 saturated carbocycles. The average molecular weight is 552 g/mol. The summed E-state index contributed by atoms with van der Waals surface area (Å²) in [6, 6.07) is 0.